The van der Waals surface area contributed by atoms with Crippen molar-refractivity contribution in [3.05, 3.63) is 66.2 Å². The molecule has 0 heterocycles. The molecule has 0 aliphatic heterocycles. The Morgan fingerprint density at radius 2 is 2.14 bits per heavy atom. The second-order valence-corrected chi connectivity index (χ2v) is 6.28. The fourth-order valence-corrected chi connectivity index (χ4v) is 3.56. The normalized spacial score (nSPS) is 16.5. The maximum absolute atomic E-state index is 9.58. The first kappa shape index (κ1) is 14.1. The number of hydrogen-bond acceptors (Lipinski definition) is 3. The lowest BCUT2D eigenvalue weighted by molar-refractivity contribution is 0.474. The third kappa shape index (κ3) is 3.08. The number of benzene rings is 2. The van der Waals surface area contributed by atoms with Crippen LogP contribution in [0.2, 0.25) is 0 Å². The molecule has 0 spiro atoms. The summed E-state index contributed by atoms with van der Waals surface area (Å²) in [6.07, 6.45) is 4.01. The second kappa shape index (κ2) is 6.27. The average Bonchev–Trinajstić information content (AvgIpc) is 2.88. The van der Waals surface area contributed by atoms with Gasteiger partial charge in [-0.3, -0.25) is 0 Å². The lowest BCUT2D eigenvalue weighted by Gasteiger charge is -2.18. The Morgan fingerprint density at radius 3 is 3.00 bits per heavy atom. The molecule has 3 rings (SSSR count). The topological polar surface area (TPSA) is 32.3 Å². The van der Waals surface area contributed by atoms with Crippen LogP contribution in [0.5, 0.6) is 5.75 Å². The van der Waals surface area contributed by atoms with E-state index in [0.717, 1.165) is 18.6 Å². The molecule has 0 amide bonds. The van der Waals surface area contributed by atoms with Crippen LogP contribution in [-0.2, 0) is 6.42 Å². The Kier molecular flexibility index (Phi) is 4.20. The number of anilines is 1. The zero-order valence-electron chi connectivity index (χ0n) is 11.9. The maximum Gasteiger partial charge on any atom is 0.115 e. The van der Waals surface area contributed by atoms with E-state index in [0.29, 0.717) is 11.8 Å². The molecule has 1 atom stereocenters. The molecular formula is C18H19NOS. The van der Waals surface area contributed by atoms with Gasteiger partial charge in [0.15, 0.2) is 0 Å². The fraction of sp³-hybridized carbons (Fsp3) is 0.222. The molecule has 108 valence electrons. The highest BCUT2D eigenvalue weighted by Crippen LogP contribution is 2.37. The molecule has 2 nitrogen and oxygen atoms in total. The highest BCUT2D eigenvalue weighted by atomic mass is 32.2. The lowest BCUT2D eigenvalue weighted by atomic mass is 10.1. The van der Waals surface area contributed by atoms with Gasteiger partial charge in [0.2, 0.25) is 0 Å². The predicted molar refractivity (Wildman–Crippen MR) is 90.2 cm³/mol. The molecule has 0 saturated carbocycles. The number of hydrogen-bond donors (Lipinski definition) is 2. The van der Waals surface area contributed by atoms with Gasteiger partial charge in [-0.2, -0.15) is 0 Å². The van der Waals surface area contributed by atoms with Crippen molar-refractivity contribution in [2.24, 2.45) is 0 Å². The molecule has 2 aromatic rings. The molecule has 0 radical (unpaired) electrons. The first-order chi connectivity index (χ1) is 10.3. The van der Waals surface area contributed by atoms with Gasteiger partial charge in [-0.05, 0) is 48.2 Å². The van der Waals surface area contributed by atoms with Gasteiger partial charge in [0.05, 0.1) is 6.04 Å². The first-order valence-electron chi connectivity index (χ1n) is 7.19. The fourth-order valence-electron chi connectivity index (χ4n) is 2.80. The summed E-state index contributed by atoms with van der Waals surface area (Å²) in [6.45, 7) is 3.78. The third-order valence-electron chi connectivity index (χ3n) is 3.78. The summed E-state index contributed by atoms with van der Waals surface area (Å²) in [5, 5.41) is 13.2. The van der Waals surface area contributed by atoms with Crippen LogP contribution < -0.4 is 5.32 Å². The predicted octanol–water partition coefficient (Wildman–Crippen LogP) is 4.77. The van der Waals surface area contributed by atoms with Crippen LogP contribution in [0.4, 0.5) is 5.69 Å². The van der Waals surface area contributed by atoms with Crippen molar-refractivity contribution < 1.29 is 5.11 Å². The number of aryl methyl sites for hydroxylation is 1. The number of para-hydroxylation sites is 1. The van der Waals surface area contributed by atoms with E-state index in [1.807, 2.05) is 18.2 Å². The van der Waals surface area contributed by atoms with E-state index in [4.69, 9.17) is 0 Å². The van der Waals surface area contributed by atoms with E-state index >= 15 is 0 Å². The number of aromatic hydroxyl groups is 1. The van der Waals surface area contributed by atoms with E-state index < -0.39 is 0 Å². The van der Waals surface area contributed by atoms with Gasteiger partial charge in [-0.1, -0.05) is 24.3 Å². The summed E-state index contributed by atoms with van der Waals surface area (Å²) in [5.74, 6) is 1.27. The average molecular weight is 297 g/mol. The molecule has 2 aromatic carbocycles. The monoisotopic (exact) mass is 297 g/mol. The third-order valence-corrected chi connectivity index (χ3v) is 4.85. The molecule has 2 N–H and O–H groups in total. The molecular weight excluding hydrogens is 278 g/mol. The smallest absolute Gasteiger partial charge is 0.115 e. The van der Waals surface area contributed by atoms with E-state index in [9.17, 15) is 5.11 Å². The van der Waals surface area contributed by atoms with Gasteiger partial charge in [0.25, 0.3) is 0 Å². The van der Waals surface area contributed by atoms with Gasteiger partial charge in [-0.25, -0.2) is 0 Å². The summed E-state index contributed by atoms with van der Waals surface area (Å²) in [6, 6.07) is 14.4. The van der Waals surface area contributed by atoms with Gasteiger partial charge in [-0.15, -0.1) is 18.3 Å². The van der Waals surface area contributed by atoms with Gasteiger partial charge in [0.1, 0.15) is 5.75 Å². The summed E-state index contributed by atoms with van der Waals surface area (Å²) in [5.41, 5.74) is 3.73. The first-order valence-corrected chi connectivity index (χ1v) is 8.17. The Hall–Kier alpha value is -1.87. The molecule has 1 aliphatic rings. The summed E-state index contributed by atoms with van der Waals surface area (Å²) in [7, 11) is 0. The molecule has 0 bridgehead atoms. The SMILES string of the molecule is C=CCSc1ccccc1NC1CCc2cc(O)ccc21. The number of nitrogens with one attached hydrogen (secondary N) is 1. The van der Waals surface area contributed by atoms with Crippen LogP contribution in [0.1, 0.15) is 23.6 Å². The van der Waals surface area contributed by atoms with E-state index in [1.165, 1.54) is 21.7 Å². The minimum atomic E-state index is 0.325. The van der Waals surface area contributed by atoms with Gasteiger partial charge in [0, 0.05) is 16.3 Å². The van der Waals surface area contributed by atoms with Crippen molar-refractivity contribution in [2.75, 3.05) is 11.1 Å². The van der Waals surface area contributed by atoms with Crippen LogP contribution in [0, 0.1) is 0 Å². The summed E-state index contributed by atoms with van der Waals surface area (Å²) >= 11 is 1.79. The quantitative estimate of drug-likeness (QED) is 0.616. The molecule has 1 unspecified atom stereocenters. The summed E-state index contributed by atoms with van der Waals surface area (Å²) < 4.78 is 0. The lowest BCUT2D eigenvalue weighted by Crippen LogP contribution is -2.07. The van der Waals surface area contributed by atoms with E-state index in [-0.39, 0.29) is 0 Å². The highest BCUT2D eigenvalue weighted by Gasteiger charge is 2.23. The number of rotatable bonds is 5. The number of phenols is 1. The number of thioether (sulfide) groups is 1. The largest absolute Gasteiger partial charge is 0.508 e. The van der Waals surface area contributed by atoms with Crippen LogP contribution in [0.15, 0.2) is 60.0 Å². The minimum Gasteiger partial charge on any atom is -0.508 e. The summed E-state index contributed by atoms with van der Waals surface area (Å²) in [4.78, 5) is 1.25. The molecule has 1 aliphatic carbocycles. The standard InChI is InChI=1S/C18H19NOS/c1-2-11-21-18-6-4-3-5-17(18)19-16-10-7-13-12-14(20)8-9-15(13)16/h2-6,8-9,12,16,19-20H,1,7,10-11H2. The Balaban J connectivity index is 1.81. The minimum absolute atomic E-state index is 0.325. The number of fused-ring (bicyclic) bond motifs is 1. The maximum atomic E-state index is 9.58. The van der Waals surface area contributed by atoms with E-state index in [1.54, 1.807) is 17.8 Å². The highest BCUT2D eigenvalue weighted by molar-refractivity contribution is 7.99. The molecule has 3 heteroatoms. The Bertz CT molecular complexity index is 653. The van der Waals surface area contributed by atoms with Crippen molar-refractivity contribution in [1.82, 2.24) is 0 Å². The Labute approximate surface area is 129 Å². The van der Waals surface area contributed by atoms with Crippen molar-refractivity contribution in [1.29, 1.82) is 0 Å². The van der Waals surface area contributed by atoms with Gasteiger partial charge >= 0.3 is 0 Å². The van der Waals surface area contributed by atoms with Gasteiger partial charge < -0.3 is 10.4 Å². The molecule has 0 saturated heterocycles. The molecule has 21 heavy (non-hydrogen) atoms. The zero-order valence-corrected chi connectivity index (χ0v) is 12.7. The van der Waals surface area contributed by atoms with Crippen molar-refractivity contribution >= 4 is 17.4 Å². The van der Waals surface area contributed by atoms with Crippen LogP contribution in [-0.4, -0.2) is 10.9 Å². The molecule has 0 fully saturated rings. The second-order valence-electron chi connectivity index (χ2n) is 5.21. The number of phenolic OH excluding ortho intramolecular Hbond substituents is 1. The van der Waals surface area contributed by atoms with Crippen LogP contribution in [0.3, 0.4) is 0 Å². The van der Waals surface area contributed by atoms with E-state index in [2.05, 4.69) is 36.2 Å². The van der Waals surface area contributed by atoms with Crippen molar-refractivity contribution in [3.8, 4) is 5.75 Å². The zero-order chi connectivity index (χ0) is 14.7. The molecule has 0 aromatic heterocycles. The van der Waals surface area contributed by atoms with Crippen molar-refractivity contribution in [2.45, 2.75) is 23.8 Å². The van der Waals surface area contributed by atoms with Crippen LogP contribution >= 0.6 is 11.8 Å². The Morgan fingerprint density at radius 1 is 1.29 bits per heavy atom. The van der Waals surface area contributed by atoms with Crippen molar-refractivity contribution in [3.63, 3.8) is 0 Å². The van der Waals surface area contributed by atoms with Crippen LogP contribution in [0.25, 0.3) is 0 Å².